The number of thiophene rings is 1. The van der Waals surface area contributed by atoms with E-state index in [1.165, 1.54) is 43.3 Å². The van der Waals surface area contributed by atoms with Crippen molar-refractivity contribution in [3.63, 3.8) is 0 Å². The third-order valence-electron chi connectivity index (χ3n) is 3.80. The van der Waals surface area contributed by atoms with E-state index in [9.17, 15) is 19.6 Å². The van der Waals surface area contributed by atoms with Gasteiger partial charge in [0, 0.05) is 25.4 Å². The van der Waals surface area contributed by atoms with E-state index < -0.39 is 18.2 Å². The Kier molecular flexibility index (Phi) is 9.25. The maximum atomic E-state index is 12.3. The fraction of sp³-hybridized carbons (Fsp3) is 0.273. The minimum absolute atomic E-state index is 0.0622. The summed E-state index contributed by atoms with van der Waals surface area (Å²) in [6.07, 6.45) is 0.152. The molecule has 0 unspecified atom stereocenters. The van der Waals surface area contributed by atoms with Crippen LogP contribution in [0.2, 0.25) is 0 Å². The molecule has 0 aliphatic heterocycles. The van der Waals surface area contributed by atoms with E-state index in [1.807, 2.05) is 17.5 Å². The summed E-state index contributed by atoms with van der Waals surface area (Å²) < 4.78 is 20.2. The fourth-order valence-corrected chi connectivity index (χ4v) is 2.97. The SMILES string of the molecule is CCOC(=O)Oc1ccc(C=C(C#N)C(=O)OCCc2cccs2)cc1OC(=O)N(C)C. The van der Waals surface area contributed by atoms with Gasteiger partial charge >= 0.3 is 18.2 Å². The molecule has 1 aromatic heterocycles. The molecule has 0 fully saturated rings. The van der Waals surface area contributed by atoms with Crippen LogP contribution in [-0.4, -0.2) is 50.4 Å². The Labute approximate surface area is 189 Å². The van der Waals surface area contributed by atoms with E-state index >= 15 is 0 Å². The van der Waals surface area contributed by atoms with Crippen molar-refractivity contribution in [2.24, 2.45) is 0 Å². The van der Waals surface area contributed by atoms with Crippen molar-refractivity contribution in [3.8, 4) is 17.6 Å². The molecule has 1 aromatic carbocycles. The minimum atomic E-state index is -0.968. The standard InChI is InChI=1S/C22H22N2O7S/c1-4-28-22(27)31-18-8-7-15(13-19(18)30-21(26)24(2)3)12-16(14-23)20(25)29-10-9-17-6-5-11-32-17/h5-8,11-13H,4,9-10H2,1-3H3. The Morgan fingerprint density at radius 3 is 2.53 bits per heavy atom. The normalized spacial score (nSPS) is 10.6. The van der Waals surface area contributed by atoms with E-state index in [0.717, 1.165) is 4.88 Å². The first kappa shape index (κ1) is 24.4. The van der Waals surface area contributed by atoms with Crippen molar-refractivity contribution in [2.75, 3.05) is 27.3 Å². The number of benzene rings is 1. The molecule has 10 heteroatoms. The zero-order valence-electron chi connectivity index (χ0n) is 17.8. The van der Waals surface area contributed by atoms with Crippen LogP contribution in [0.1, 0.15) is 17.4 Å². The smallest absolute Gasteiger partial charge is 0.461 e. The molecule has 0 saturated carbocycles. The molecule has 1 heterocycles. The third-order valence-corrected chi connectivity index (χ3v) is 4.73. The van der Waals surface area contributed by atoms with Gasteiger partial charge in [-0.15, -0.1) is 11.3 Å². The van der Waals surface area contributed by atoms with Gasteiger partial charge in [0.25, 0.3) is 0 Å². The summed E-state index contributed by atoms with van der Waals surface area (Å²) in [5, 5.41) is 11.3. The van der Waals surface area contributed by atoms with E-state index in [0.29, 0.717) is 12.0 Å². The van der Waals surface area contributed by atoms with Gasteiger partial charge in [0.15, 0.2) is 11.5 Å². The van der Waals surface area contributed by atoms with Gasteiger partial charge in [-0.05, 0) is 42.1 Å². The van der Waals surface area contributed by atoms with Crippen LogP contribution in [-0.2, 0) is 20.7 Å². The number of amides is 1. The molecule has 32 heavy (non-hydrogen) atoms. The lowest BCUT2D eigenvalue weighted by molar-refractivity contribution is -0.138. The lowest BCUT2D eigenvalue weighted by Crippen LogP contribution is -2.25. The highest BCUT2D eigenvalue weighted by Gasteiger charge is 2.17. The number of ether oxygens (including phenoxy) is 4. The van der Waals surface area contributed by atoms with Crippen molar-refractivity contribution in [2.45, 2.75) is 13.3 Å². The second-order valence-electron chi connectivity index (χ2n) is 6.39. The number of nitrogens with zero attached hydrogens (tertiary/aromatic N) is 2. The van der Waals surface area contributed by atoms with Crippen molar-refractivity contribution >= 4 is 35.6 Å². The molecule has 0 aliphatic rings. The molecule has 0 atom stereocenters. The summed E-state index contributed by atoms with van der Waals surface area (Å²) in [6, 6.07) is 9.83. The molecule has 1 amide bonds. The lowest BCUT2D eigenvalue weighted by atomic mass is 10.1. The number of carbonyl (C=O) groups excluding carboxylic acids is 3. The molecule has 0 bridgehead atoms. The summed E-state index contributed by atoms with van der Waals surface area (Å²) in [5.41, 5.74) is 0.120. The number of hydrogen-bond donors (Lipinski definition) is 0. The predicted octanol–water partition coefficient (Wildman–Crippen LogP) is 4.04. The third kappa shape index (κ3) is 7.45. The first-order valence-electron chi connectivity index (χ1n) is 9.53. The van der Waals surface area contributed by atoms with E-state index in [-0.39, 0.29) is 30.3 Å². The van der Waals surface area contributed by atoms with E-state index in [2.05, 4.69) is 0 Å². The van der Waals surface area contributed by atoms with Gasteiger partial charge in [0.2, 0.25) is 0 Å². The summed E-state index contributed by atoms with van der Waals surface area (Å²) in [4.78, 5) is 38.1. The van der Waals surface area contributed by atoms with Gasteiger partial charge < -0.3 is 23.8 Å². The first-order valence-corrected chi connectivity index (χ1v) is 10.4. The topological polar surface area (TPSA) is 115 Å². The molecular weight excluding hydrogens is 436 g/mol. The Balaban J connectivity index is 2.20. The van der Waals surface area contributed by atoms with Crippen LogP contribution in [0.15, 0.2) is 41.3 Å². The molecule has 0 radical (unpaired) electrons. The molecule has 168 valence electrons. The molecule has 0 spiro atoms. The number of esters is 1. The molecule has 0 N–H and O–H groups in total. The van der Waals surface area contributed by atoms with Crippen LogP contribution in [0.4, 0.5) is 9.59 Å². The first-order chi connectivity index (χ1) is 15.3. The summed E-state index contributed by atoms with van der Waals surface area (Å²) in [7, 11) is 2.97. The average Bonchev–Trinajstić information content (AvgIpc) is 3.27. The van der Waals surface area contributed by atoms with Gasteiger partial charge in [-0.2, -0.15) is 5.26 Å². The van der Waals surface area contributed by atoms with Gasteiger partial charge in [-0.1, -0.05) is 12.1 Å². The van der Waals surface area contributed by atoms with E-state index in [1.54, 1.807) is 24.3 Å². The highest BCUT2D eigenvalue weighted by atomic mass is 32.1. The van der Waals surface area contributed by atoms with Crippen molar-refractivity contribution in [3.05, 3.63) is 51.7 Å². The number of rotatable bonds is 8. The molecule has 2 aromatic rings. The van der Waals surface area contributed by atoms with Gasteiger partial charge in [-0.3, -0.25) is 0 Å². The zero-order chi connectivity index (χ0) is 23.5. The van der Waals surface area contributed by atoms with Crippen LogP contribution in [0.25, 0.3) is 6.08 Å². The second-order valence-corrected chi connectivity index (χ2v) is 7.42. The van der Waals surface area contributed by atoms with Crippen LogP contribution in [0.3, 0.4) is 0 Å². The Hall–Kier alpha value is -3.84. The van der Waals surface area contributed by atoms with Gasteiger partial charge in [0.1, 0.15) is 11.6 Å². The minimum Gasteiger partial charge on any atom is -0.461 e. The van der Waals surface area contributed by atoms with Crippen molar-refractivity contribution < 1.29 is 33.3 Å². The number of nitriles is 1. The maximum absolute atomic E-state index is 12.3. The van der Waals surface area contributed by atoms with Crippen molar-refractivity contribution in [1.29, 1.82) is 5.26 Å². The van der Waals surface area contributed by atoms with Crippen LogP contribution in [0.5, 0.6) is 11.5 Å². The van der Waals surface area contributed by atoms with Crippen LogP contribution < -0.4 is 9.47 Å². The fourth-order valence-electron chi connectivity index (χ4n) is 2.28. The summed E-state index contributed by atoms with van der Waals surface area (Å²) >= 11 is 1.55. The predicted molar refractivity (Wildman–Crippen MR) is 116 cm³/mol. The molecule has 0 aliphatic carbocycles. The highest BCUT2D eigenvalue weighted by Crippen LogP contribution is 2.30. The van der Waals surface area contributed by atoms with Gasteiger partial charge in [0.05, 0.1) is 13.2 Å². The quantitative estimate of drug-likeness (QED) is 0.252. The molecule has 2 rings (SSSR count). The Bertz CT molecular complexity index is 1020. The zero-order valence-corrected chi connectivity index (χ0v) is 18.6. The molecule has 9 nitrogen and oxygen atoms in total. The Morgan fingerprint density at radius 2 is 1.91 bits per heavy atom. The average molecular weight is 458 g/mol. The highest BCUT2D eigenvalue weighted by molar-refractivity contribution is 7.09. The Morgan fingerprint density at radius 1 is 1.12 bits per heavy atom. The van der Waals surface area contributed by atoms with Crippen LogP contribution in [0, 0.1) is 11.3 Å². The largest absolute Gasteiger partial charge is 0.513 e. The monoisotopic (exact) mass is 458 g/mol. The summed E-state index contributed by atoms with van der Waals surface area (Å²) in [6.45, 7) is 1.86. The number of carbonyl (C=O) groups is 3. The van der Waals surface area contributed by atoms with Gasteiger partial charge in [-0.25, -0.2) is 14.4 Å². The van der Waals surface area contributed by atoms with E-state index in [4.69, 9.17) is 18.9 Å². The van der Waals surface area contributed by atoms with Crippen LogP contribution >= 0.6 is 11.3 Å². The second kappa shape index (κ2) is 12.1. The number of hydrogen-bond acceptors (Lipinski definition) is 9. The molecular formula is C22H22N2O7S. The molecule has 0 saturated heterocycles. The maximum Gasteiger partial charge on any atom is 0.513 e. The van der Waals surface area contributed by atoms with Crippen molar-refractivity contribution in [1.82, 2.24) is 4.90 Å². The summed E-state index contributed by atoms with van der Waals surface area (Å²) in [5.74, 6) is -0.926. The lowest BCUT2D eigenvalue weighted by Gasteiger charge is -2.14.